The molecule has 0 unspecified atom stereocenters. The molecule has 0 spiro atoms. The SMILES string of the molecule is c1cc(-c2ccc(N(c3ccc(-c4cccc5ccccc45)cc3)c3cccc(-c4cc5ccccc5o4)c3)cc2)cc(-c2cccc3ccccc23)c1. The number of fused-ring (bicyclic) bond motifs is 3. The Labute approximate surface area is 314 Å². The average molecular weight is 690 g/mol. The largest absolute Gasteiger partial charge is 0.456 e. The second-order valence-electron chi connectivity index (χ2n) is 13.8. The van der Waals surface area contributed by atoms with E-state index in [2.05, 4.69) is 199 Å². The van der Waals surface area contributed by atoms with Crippen LogP contribution in [0.5, 0.6) is 0 Å². The summed E-state index contributed by atoms with van der Waals surface area (Å²) < 4.78 is 6.31. The third kappa shape index (κ3) is 5.81. The zero-order chi connectivity index (χ0) is 35.8. The van der Waals surface area contributed by atoms with Crippen LogP contribution in [0.1, 0.15) is 0 Å². The Morgan fingerprint density at radius 2 is 0.815 bits per heavy atom. The van der Waals surface area contributed by atoms with Crippen molar-refractivity contribution in [3.63, 3.8) is 0 Å². The molecular formula is C52H35NO. The Balaban J connectivity index is 1.04. The maximum Gasteiger partial charge on any atom is 0.135 e. The molecule has 254 valence electrons. The average Bonchev–Trinajstić information content (AvgIpc) is 3.69. The van der Waals surface area contributed by atoms with Gasteiger partial charge in [0.25, 0.3) is 0 Å². The van der Waals surface area contributed by atoms with Crippen molar-refractivity contribution in [1.29, 1.82) is 0 Å². The monoisotopic (exact) mass is 689 g/mol. The Bertz CT molecular complexity index is 2890. The summed E-state index contributed by atoms with van der Waals surface area (Å²) in [7, 11) is 0. The van der Waals surface area contributed by atoms with Gasteiger partial charge in [-0.2, -0.15) is 0 Å². The van der Waals surface area contributed by atoms with Crippen LogP contribution in [0.25, 0.3) is 77.2 Å². The first-order valence-electron chi connectivity index (χ1n) is 18.4. The van der Waals surface area contributed by atoms with Gasteiger partial charge in [-0.3, -0.25) is 0 Å². The summed E-state index contributed by atoms with van der Waals surface area (Å²) in [4.78, 5) is 2.33. The van der Waals surface area contributed by atoms with E-state index in [1.807, 2.05) is 18.2 Å². The van der Waals surface area contributed by atoms with Crippen LogP contribution in [-0.4, -0.2) is 0 Å². The molecule has 2 nitrogen and oxygen atoms in total. The van der Waals surface area contributed by atoms with Gasteiger partial charge in [0, 0.05) is 28.0 Å². The minimum atomic E-state index is 0.853. The summed E-state index contributed by atoms with van der Waals surface area (Å²) in [5.74, 6) is 0.853. The van der Waals surface area contributed by atoms with Crippen LogP contribution in [0.2, 0.25) is 0 Å². The standard InChI is InChI=1S/C52H35NO/c1-4-20-47-37(11-1)14-9-22-49(47)39-27-31-45(32-28-39)53(46-19-8-18-42(34-46)52-35-43-13-3-6-24-51(43)54-52)44-29-25-36(26-30-44)40-16-7-17-41(33-40)50-23-10-15-38-12-2-5-21-48(38)50/h1-35H. The molecule has 10 rings (SSSR count). The quantitative estimate of drug-likeness (QED) is 0.166. The number of anilines is 3. The van der Waals surface area contributed by atoms with Crippen LogP contribution in [0, 0.1) is 0 Å². The van der Waals surface area contributed by atoms with Gasteiger partial charge < -0.3 is 9.32 Å². The summed E-state index contributed by atoms with van der Waals surface area (Å²) in [5, 5.41) is 6.10. The van der Waals surface area contributed by atoms with E-state index < -0.39 is 0 Å². The van der Waals surface area contributed by atoms with Gasteiger partial charge in [-0.15, -0.1) is 0 Å². The molecular weight excluding hydrogens is 655 g/mol. The second kappa shape index (κ2) is 13.4. The number of hydrogen-bond acceptors (Lipinski definition) is 2. The van der Waals surface area contributed by atoms with Crippen LogP contribution in [0.15, 0.2) is 217 Å². The fraction of sp³-hybridized carbons (Fsp3) is 0. The fourth-order valence-corrected chi connectivity index (χ4v) is 7.78. The predicted octanol–water partition coefficient (Wildman–Crippen LogP) is 14.9. The lowest BCUT2D eigenvalue weighted by Gasteiger charge is -2.26. The third-order valence-corrected chi connectivity index (χ3v) is 10.5. The number of rotatable bonds is 7. The topological polar surface area (TPSA) is 16.4 Å². The molecule has 0 saturated carbocycles. The summed E-state index contributed by atoms with van der Waals surface area (Å²) in [5.41, 5.74) is 12.3. The number of nitrogens with zero attached hydrogens (tertiary/aromatic N) is 1. The number of hydrogen-bond donors (Lipinski definition) is 0. The molecule has 9 aromatic carbocycles. The molecule has 0 bridgehead atoms. The highest BCUT2D eigenvalue weighted by Gasteiger charge is 2.16. The first kappa shape index (κ1) is 31.6. The van der Waals surface area contributed by atoms with Crippen molar-refractivity contribution in [3.8, 4) is 44.7 Å². The van der Waals surface area contributed by atoms with E-state index in [0.717, 1.165) is 39.4 Å². The smallest absolute Gasteiger partial charge is 0.135 e. The van der Waals surface area contributed by atoms with Crippen LogP contribution in [-0.2, 0) is 0 Å². The predicted molar refractivity (Wildman–Crippen MR) is 228 cm³/mol. The highest BCUT2D eigenvalue weighted by atomic mass is 16.3. The molecule has 0 atom stereocenters. The van der Waals surface area contributed by atoms with Gasteiger partial charge in [0.05, 0.1) is 0 Å². The Morgan fingerprint density at radius 3 is 1.50 bits per heavy atom. The minimum Gasteiger partial charge on any atom is -0.456 e. The van der Waals surface area contributed by atoms with Gasteiger partial charge in [0.2, 0.25) is 0 Å². The van der Waals surface area contributed by atoms with Crippen molar-refractivity contribution in [3.05, 3.63) is 212 Å². The van der Waals surface area contributed by atoms with Crippen molar-refractivity contribution >= 4 is 49.6 Å². The molecule has 0 aliphatic heterocycles. The normalized spacial score (nSPS) is 11.3. The van der Waals surface area contributed by atoms with Gasteiger partial charge in [-0.1, -0.05) is 158 Å². The molecule has 10 aromatic rings. The van der Waals surface area contributed by atoms with Crippen molar-refractivity contribution in [2.45, 2.75) is 0 Å². The fourth-order valence-electron chi connectivity index (χ4n) is 7.78. The zero-order valence-corrected chi connectivity index (χ0v) is 29.6. The van der Waals surface area contributed by atoms with E-state index >= 15 is 0 Å². The van der Waals surface area contributed by atoms with Crippen LogP contribution in [0.3, 0.4) is 0 Å². The highest BCUT2D eigenvalue weighted by Crippen LogP contribution is 2.40. The van der Waals surface area contributed by atoms with Crippen LogP contribution < -0.4 is 4.90 Å². The molecule has 0 aliphatic rings. The van der Waals surface area contributed by atoms with E-state index in [-0.39, 0.29) is 0 Å². The molecule has 54 heavy (non-hydrogen) atoms. The molecule has 0 aliphatic carbocycles. The third-order valence-electron chi connectivity index (χ3n) is 10.5. The number of furan rings is 1. The second-order valence-corrected chi connectivity index (χ2v) is 13.8. The first-order valence-corrected chi connectivity index (χ1v) is 18.4. The van der Waals surface area contributed by atoms with E-state index in [1.165, 1.54) is 54.9 Å². The number of benzene rings is 9. The molecule has 0 N–H and O–H groups in total. The van der Waals surface area contributed by atoms with E-state index in [1.54, 1.807) is 0 Å². The van der Waals surface area contributed by atoms with E-state index in [0.29, 0.717) is 0 Å². The minimum absolute atomic E-state index is 0.853. The summed E-state index contributed by atoms with van der Waals surface area (Å²) in [6.07, 6.45) is 0. The lowest BCUT2D eigenvalue weighted by atomic mass is 9.95. The Hall–Kier alpha value is -7.16. The lowest BCUT2D eigenvalue weighted by molar-refractivity contribution is 0.631. The summed E-state index contributed by atoms with van der Waals surface area (Å²) >= 11 is 0. The van der Waals surface area contributed by atoms with Gasteiger partial charge in [0.15, 0.2) is 0 Å². The highest BCUT2D eigenvalue weighted by molar-refractivity contribution is 5.98. The zero-order valence-electron chi connectivity index (χ0n) is 29.6. The van der Waals surface area contributed by atoms with Crippen molar-refractivity contribution in [2.75, 3.05) is 4.90 Å². The lowest BCUT2D eigenvalue weighted by Crippen LogP contribution is -2.10. The number of para-hydroxylation sites is 1. The maximum atomic E-state index is 6.31. The van der Waals surface area contributed by atoms with Crippen molar-refractivity contribution in [2.24, 2.45) is 0 Å². The Kier molecular flexibility index (Phi) is 7.85. The molecule has 0 saturated heterocycles. The molecule has 1 aromatic heterocycles. The molecule has 2 heteroatoms. The van der Waals surface area contributed by atoms with Crippen molar-refractivity contribution in [1.82, 2.24) is 0 Å². The van der Waals surface area contributed by atoms with Crippen LogP contribution >= 0.6 is 0 Å². The van der Waals surface area contributed by atoms with E-state index in [9.17, 15) is 0 Å². The molecule has 0 amide bonds. The van der Waals surface area contributed by atoms with E-state index in [4.69, 9.17) is 4.42 Å². The molecule has 0 radical (unpaired) electrons. The van der Waals surface area contributed by atoms with Gasteiger partial charge in [-0.05, 0) is 110 Å². The Morgan fingerprint density at radius 1 is 0.296 bits per heavy atom. The summed E-state index contributed by atoms with van der Waals surface area (Å²) in [6, 6.07) is 75.9. The van der Waals surface area contributed by atoms with Gasteiger partial charge in [-0.25, -0.2) is 0 Å². The summed E-state index contributed by atoms with van der Waals surface area (Å²) in [6.45, 7) is 0. The first-order chi connectivity index (χ1) is 26.7. The van der Waals surface area contributed by atoms with Gasteiger partial charge >= 0.3 is 0 Å². The van der Waals surface area contributed by atoms with Crippen LogP contribution in [0.4, 0.5) is 17.1 Å². The molecule has 1 heterocycles. The molecule has 0 fully saturated rings. The maximum absolute atomic E-state index is 6.31. The van der Waals surface area contributed by atoms with Crippen molar-refractivity contribution < 1.29 is 4.42 Å². The van der Waals surface area contributed by atoms with Gasteiger partial charge in [0.1, 0.15) is 11.3 Å².